The lowest BCUT2D eigenvalue weighted by molar-refractivity contribution is -0.255. The maximum atomic E-state index is 12.5. The van der Waals surface area contributed by atoms with Gasteiger partial charge in [-0.15, -0.1) is 0 Å². The lowest BCUT2D eigenvalue weighted by Crippen LogP contribution is -2.53. The Morgan fingerprint density at radius 1 is 1.16 bits per heavy atom. The second-order valence-electron chi connectivity index (χ2n) is 13.5. The minimum absolute atomic E-state index is 0.00385. The fourth-order valence-corrected chi connectivity index (χ4v) is 8.84. The number of carboxylic acids is 1. The smallest absolute Gasteiger partial charge is 0.260 e. The Labute approximate surface area is 252 Å². The number of H-pyrrole nitrogens is 1. The molecule has 43 heavy (non-hydrogen) atoms. The van der Waals surface area contributed by atoms with Crippen molar-refractivity contribution in [2.24, 2.45) is 33.7 Å². The summed E-state index contributed by atoms with van der Waals surface area (Å²) in [5.41, 5.74) is 2.69. The average Bonchev–Trinajstić information content (AvgIpc) is 3.46. The van der Waals surface area contributed by atoms with Crippen molar-refractivity contribution in [3.8, 4) is 5.75 Å². The van der Waals surface area contributed by atoms with Gasteiger partial charge in [0.05, 0.1) is 24.4 Å². The number of amides is 1. The Morgan fingerprint density at radius 2 is 1.95 bits per heavy atom. The number of aromatic amines is 1. The van der Waals surface area contributed by atoms with Crippen molar-refractivity contribution in [2.75, 3.05) is 20.3 Å². The maximum absolute atomic E-state index is 12.5. The summed E-state index contributed by atoms with van der Waals surface area (Å²) in [5.74, 6) is 0.706. The number of methoxy groups -OCH3 is 1. The molecule has 0 radical (unpaired) electrons. The molecule has 3 fully saturated rings. The second kappa shape index (κ2) is 10.8. The molecule has 1 aromatic carbocycles. The first-order chi connectivity index (χ1) is 20.5. The molecule has 0 unspecified atom stereocenters. The van der Waals surface area contributed by atoms with Crippen LogP contribution in [0, 0.1) is 28.6 Å². The third kappa shape index (κ3) is 4.95. The molecule has 6 atom stereocenters. The molecule has 1 aromatic heterocycles. The summed E-state index contributed by atoms with van der Waals surface area (Å²) in [7, 11) is 1.55. The summed E-state index contributed by atoms with van der Waals surface area (Å²) >= 11 is 0. The molecule has 3 N–H and O–H groups in total. The summed E-state index contributed by atoms with van der Waals surface area (Å²) in [6.45, 7) is 6.69. The number of rotatable bonds is 8. The van der Waals surface area contributed by atoms with Gasteiger partial charge in [-0.05, 0) is 111 Å². The number of allylic oxidation sites excluding steroid dienone is 4. The van der Waals surface area contributed by atoms with Crippen LogP contribution in [-0.4, -0.2) is 53.5 Å². The van der Waals surface area contributed by atoms with E-state index < -0.39 is 11.6 Å². The molecule has 9 nitrogen and oxygen atoms in total. The van der Waals surface area contributed by atoms with Crippen molar-refractivity contribution in [1.82, 2.24) is 10.3 Å². The molecule has 0 aliphatic heterocycles. The highest BCUT2D eigenvalue weighted by Crippen LogP contribution is 2.66. The van der Waals surface area contributed by atoms with Gasteiger partial charge in [0, 0.05) is 22.9 Å². The Kier molecular flexibility index (Phi) is 7.43. The zero-order valence-corrected chi connectivity index (χ0v) is 25.5. The van der Waals surface area contributed by atoms with Crippen LogP contribution in [0.3, 0.4) is 0 Å². The molecule has 9 heteroatoms. The van der Waals surface area contributed by atoms with E-state index in [0.29, 0.717) is 52.1 Å². The number of nitrogens with zero attached hydrogens (tertiary/aromatic N) is 1. The van der Waals surface area contributed by atoms with Gasteiger partial charge in [0.1, 0.15) is 11.5 Å². The highest BCUT2D eigenvalue weighted by molar-refractivity contribution is 6.05. The van der Waals surface area contributed by atoms with Crippen molar-refractivity contribution >= 4 is 28.5 Å². The lowest BCUT2D eigenvalue weighted by Gasteiger charge is -2.58. The first kappa shape index (κ1) is 29.5. The van der Waals surface area contributed by atoms with Gasteiger partial charge in [0.2, 0.25) is 0 Å². The maximum Gasteiger partial charge on any atom is 0.260 e. The van der Waals surface area contributed by atoms with Crippen molar-refractivity contribution < 1.29 is 29.4 Å². The van der Waals surface area contributed by atoms with Gasteiger partial charge < -0.3 is 34.9 Å². The molecule has 3 saturated carbocycles. The van der Waals surface area contributed by atoms with Gasteiger partial charge in [-0.3, -0.25) is 4.79 Å². The van der Waals surface area contributed by atoms with Gasteiger partial charge in [-0.25, -0.2) is 0 Å². The number of aromatic carboxylic acids is 1. The summed E-state index contributed by atoms with van der Waals surface area (Å²) in [4.78, 5) is 32.5. The molecule has 1 amide bonds. The standard InChI is InChI=1S/C34H43N3O6/c1-32-13-9-21(17-20(32)5-7-24-26(32)10-14-33(2)27(24)11-15-34(33,3)41)37-43-19-29(38)35-16-12-23-25-18-22(42-4)6-8-28(25)36-30(23)31(39)40/h6,8-9,13,17-18,24,26-27,36,41H,5,7,10-12,14-16,19H2,1-4H3,(H,35,38)(H,39,40)/p-1/b37-21-/t24-,26-,27+,32+,33-,34+/m1/s1. The van der Waals surface area contributed by atoms with E-state index in [2.05, 4.69) is 41.5 Å². The average molecular weight is 589 g/mol. The molecule has 1 heterocycles. The molecule has 0 saturated heterocycles. The van der Waals surface area contributed by atoms with Crippen LogP contribution in [0.2, 0.25) is 0 Å². The topological polar surface area (TPSA) is 136 Å². The fraction of sp³-hybridized carbons (Fsp3) is 0.559. The number of hydrogen-bond donors (Lipinski definition) is 3. The molecular formula is C34H42N3O6-. The number of carbonyl (C=O) groups excluding carboxylic acids is 2. The number of ether oxygens (including phenoxy) is 1. The zero-order chi connectivity index (χ0) is 30.6. The van der Waals surface area contributed by atoms with Gasteiger partial charge >= 0.3 is 0 Å². The second-order valence-corrected chi connectivity index (χ2v) is 13.5. The highest BCUT2D eigenvalue weighted by Gasteiger charge is 2.62. The molecule has 4 aliphatic carbocycles. The van der Waals surface area contributed by atoms with Crippen LogP contribution >= 0.6 is 0 Å². The molecule has 0 bridgehead atoms. The molecule has 6 rings (SSSR count). The van der Waals surface area contributed by atoms with Crippen LogP contribution < -0.4 is 15.2 Å². The summed E-state index contributed by atoms with van der Waals surface area (Å²) in [5, 5.41) is 30.6. The quantitative estimate of drug-likeness (QED) is 0.398. The normalized spacial score (nSPS) is 33.8. The van der Waals surface area contributed by atoms with E-state index in [9.17, 15) is 19.8 Å². The van der Waals surface area contributed by atoms with Crippen LogP contribution in [0.25, 0.3) is 10.9 Å². The van der Waals surface area contributed by atoms with E-state index in [4.69, 9.17) is 9.57 Å². The van der Waals surface area contributed by atoms with Crippen LogP contribution in [0.4, 0.5) is 0 Å². The first-order valence-electron chi connectivity index (χ1n) is 15.5. The summed E-state index contributed by atoms with van der Waals surface area (Å²) in [6.07, 6.45) is 13.0. The van der Waals surface area contributed by atoms with Crippen LogP contribution in [0.5, 0.6) is 5.75 Å². The molecule has 0 spiro atoms. The van der Waals surface area contributed by atoms with Crippen molar-refractivity contribution in [3.63, 3.8) is 0 Å². The minimum atomic E-state index is -1.30. The fourth-order valence-electron chi connectivity index (χ4n) is 8.84. The van der Waals surface area contributed by atoms with E-state index >= 15 is 0 Å². The Hall–Kier alpha value is -3.59. The molecular weight excluding hydrogens is 546 g/mol. The Bertz CT molecular complexity index is 1540. The van der Waals surface area contributed by atoms with E-state index in [1.165, 1.54) is 5.57 Å². The SMILES string of the molecule is COc1ccc2[nH]c(C(=O)[O-])c(CCNC(=O)CO/N=C3/C=C[C@@]4(C)C(=C3)CC[C@@H]3[C@H]4CC[C@]4(C)[C@H]3CC[C@]4(C)O)c2c1. The van der Waals surface area contributed by atoms with Crippen LogP contribution in [-0.2, 0) is 16.1 Å². The van der Waals surface area contributed by atoms with Crippen LogP contribution in [0.1, 0.15) is 75.3 Å². The van der Waals surface area contributed by atoms with Crippen LogP contribution in [0.15, 0.2) is 47.2 Å². The number of hydrogen-bond acceptors (Lipinski definition) is 7. The van der Waals surface area contributed by atoms with Gasteiger partial charge in [0.25, 0.3) is 5.91 Å². The van der Waals surface area contributed by atoms with E-state index in [1.807, 2.05) is 13.0 Å². The number of carbonyl (C=O) groups is 2. The third-order valence-electron chi connectivity index (χ3n) is 11.5. The Morgan fingerprint density at radius 3 is 2.72 bits per heavy atom. The van der Waals surface area contributed by atoms with Gasteiger partial charge in [-0.2, -0.15) is 0 Å². The number of aromatic nitrogens is 1. The summed E-state index contributed by atoms with van der Waals surface area (Å²) in [6, 6.07) is 5.27. The predicted molar refractivity (Wildman–Crippen MR) is 162 cm³/mol. The van der Waals surface area contributed by atoms with Crippen molar-refractivity contribution in [1.29, 1.82) is 0 Å². The number of fused-ring (bicyclic) bond motifs is 6. The lowest BCUT2D eigenvalue weighted by atomic mass is 9.47. The monoisotopic (exact) mass is 588 g/mol. The number of nitrogens with one attached hydrogen (secondary N) is 2. The number of benzene rings is 1. The zero-order valence-electron chi connectivity index (χ0n) is 25.5. The van der Waals surface area contributed by atoms with Crippen molar-refractivity contribution in [3.05, 3.63) is 53.3 Å². The molecule has 4 aliphatic rings. The van der Waals surface area contributed by atoms with Crippen molar-refractivity contribution in [2.45, 2.75) is 71.3 Å². The predicted octanol–water partition coefficient (Wildman–Crippen LogP) is 4.06. The Balaban J connectivity index is 1.04. The minimum Gasteiger partial charge on any atom is -0.543 e. The number of carboxylic acid groups (broad SMARTS) is 1. The summed E-state index contributed by atoms with van der Waals surface area (Å²) < 4.78 is 5.27. The largest absolute Gasteiger partial charge is 0.543 e. The van der Waals surface area contributed by atoms with Gasteiger partial charge in [0.15, 0.2) is 6.61 Å². The van der Waals surface area contributed by atoms with E-state index in [-0.39, 0.29) is 35.6 Å². The molecule has 230 valence electrons. The first-order valence-corrected chi connectivity index (χ1v) is 15.5. The number of oxime groups is 1. The number of aliphatic hydroxyl groups is 1. The molecule has 2 aromatic rings. The van der Waals surface area contributed by atoms with E-state index in [1.54, 1.807) is 25.3 Å². The third-order valence-corrected chi connectivity index (χ3v) is 11.5. The van der Waals surface area contributed by atoms with Gasteiger partial charge in [-0.1, -0.05) is 30.7 Å². The highest BCUT2D eigenvalue weighted by atomic mass is 16.6. The van der Waals surface area contributed by atoms with E-state index in [0.717, 1.165) is 38.5 Å².